The van der Waals surface area contributed by atoms with E-state index < -0.39 is 11.7 Å². The summed E-state index contributed by atoms with van der Waals surface area (Å²) < 4.78 is 5.41. The Hall–Kier alpha value is -0.810. The molecule has 2 N–H and O–H groups in total. The van der Waals surface area contributed by atoms with Crippen molar-refractivity contribution in [1.82, 2.24) is 10.2 Å². The van der Waals surface area contributed by atoms with Crippen LogP contribution in [0.4, 0.5) is 4.79 Å². The van der Waals surface area contributed by atoms with Crippen LogP contribution in [0.2, 0.25) is 0 Å². The molecule has 1 atom stereocenters. The van der Waals surface area contributed by atoms with Gasteiger partial charge in [-0.15, -0.1) is 0 Å². The molecule has 0 aliphatic heterocycles. The highest BCUT2D eigenvalue weighted by Gasteiger charge is 2.23. The number of carbonyl (C=O) groups is 1. The molecule has 1 rings (SSSR count). The molecule has 130 valence electrons. The summed E-state index contributed by atoms with van der Waals surface area (Å²) in [7, 11) is 0. The van der Waals surface area contributed by atoms with E-state index in [4.69, 9.17) is 4.74 Å². The van der Waals surface area contributed by atoms with Crippen molar-refractivity contribution in [2.75, 3.05) is 19.6 Å². The first kappa shape index (κ1) is 19.2. The lowest BCUT2D eigenvalue weighted by atomic mass is 10.1. The van der Waals surface area contributed by atoms with Gasteiger partial charge < -0.3 is 20.1 Å². The topological polar surface area (TPSA) is 61.8 Å². The lowest BCUT2D eigenvalue weighted by Crippen LogP contribution is -2.44. The standard InChI is InChI=1S/C17H34N2O3/c1-14(20)13-19(16(21)22-17(2,3)4)12-11-18-15-9-7-5-6-8-10-15/h14-15,18,20H,5-13H2,1-4H3. The molecule has 0 saturated heterocycles. The second-order valence-corrected chi connectivity index (χ2v) is 7.42. The number of carbonyl (C=O) groups excluding carboxylic acids is 1. The Kier molecular flexibility index (Phi) is 8.18. The number of amides is 1. The summed E-state index contributed by atoms with van der Waals surface area (Å²) in [6.45, 7) is 8.88. The molecule has 0 spiro atoms. The van der Waals surface area contributed by atoms with Crippen molar-refractivity contribution >= 4 is 6.09 Å². The summed E-state index contributed by atoms with van der Waals surface area (Å²) in [5.74, 6) is 0. The number of nitrogens with one attached hydrogen (secondary N) is 1. The van der Waals surface area contributed by atoms with Gasteiger partial charge in [0.1, 0.15) is 5.60 Å². The Morgan fingerprint density at radius 2 is 1.86 bits per heavy atom. The fourth-order valence-electron chi connectivity index (χ4n) is 2.79. The molecule has 22 heavy (non-hydrogen) atoms. The zero-order chi connectivity index (χ0) is 16.6. The summed E-state index contributed by atoms with van der Waals surface area (Å²) in [6, 6.07) is 0.564. The first-order valence-corrected chi connectivity index (χ1v) is 8.67. The number of aliphatic hydroxyl groups excluding tert-OH is 1. The fraction of sp³-hybridized carbons (Fsp3) is 0.941. The number of ether oxygens (including phenoxy) is 1. The second-order valence-electron chi connectivity index (χ2n) is 7.42. The molecule has 1 fully saturated rings. The highest BCUT2D eigenvalue weighted by molar-refractivity contribution is 5.68. The summed E-state index contributed by atoms with van der Waals surface area (Å²) in [6.07, 6.45) is 6.81. The molecular formula is C17H34N2O3. The van der Waals surface area contributed by atoms with Crippen LogP contribution in [0.3, 0.4) is 0 Å². The minimum atomic E-state index is -0.551. The molecule has 1 amide bonds. The zero-order valence-electron chi connectivity index (χ0n) is 14.7. The SMILES string of the molecule is CC(O)CN(CCNC1CCCCCC1)C(=O)OC(C)(C)C. The zero-order valence-corrected chi connectivity index (χ0v) is 14.7. The van der Waals surface area contributed by atoms with Crippen LogP contribution in [-0.2, 0) is 4.74 Å². The van der Waals surface area contributed by atoms with E-state index in [1.54, 1.807) is 11.8 Å². The first-order valence-electron chi connectivity index (χ1n) is 8.67. The maximum atomic E-state index is 12.2. The molecule has 1 aliphatic rings. The van der Waals surface area contributed by atoms with Crippen molar-refractivity contribution in [3.05, 3.63) is 0 Å². The molecule has 0 aromatic carbocycles. The van der Waals surface area contributed by atoms with Gasteiger partial charge in [-0.25, -0.2) is 4.79 Å². The molecular weight excluding hydrogens is 280 g/mol. The Balaban J connectivity index is 2.41. The molecule has 5 heteroatoms. The van der Waals surface area contributed by atoms with E-state index in [0.29, 0.717) is 19.1 Å². The Labute approximate surface area is 135 Å². The van der Waals surface area contributed by atoms with Gasteiger partial charge in [0, 0.05) is 25.7 Å². The van der Waals surface area contributed by atoms with Gasteiger partial charge in [-0.1, -0.05) is 25.7 Å². The molecule has 0 aromatic heterocycles. The first-order chi connectivity index (χ1) is 10.3. The van der Waals surface area contributed by atoms with Gasteiger partial charge in [0.15, 0.2) is 0 Å². The molecule has 1 aliphatic carbocycles. The minimum absolute atomic E-state index is 0.307. The normalized spacial score (nSPS) is 18.6. The summed E-state index contributed by atoms with van der Waals surface area (Å²) in [4.78, 5) is 13.8. The van der Waals surface area contributed by atoms with E-state index in [0.717, 1.165) is 6.54 Å². The summed E-state index contributed by atoms with van der Waals surface area (Å²) >= 11 is 0. The Morgan fingerprint density at radius 3 is 2.36 bits per heavy atom. The van der Waals surface area contributed by atoms with Crippen molar-refractivity contribution in [2.24, 2.45) is 0 Å². The second kappa shape index (κ2) is 9.36. The van der Waals surface area contributed by atoms with Crippen LogP contribution < -0.4 is 5.32 Å². The lowest BCUT2D eigenvalue weighted by molar-refractivity contribution is 0.0163. The predicted octanol–water partition coefficient (Wildman–Crippen LogP) is 2.92. The van der Waals surface area contributed by atoms with Crippen LogP contribution >= 0.6 is 0 Å². The van der Waals surface area contributed by atoms with Crippen molar-refractivity contribution in [3.8, 4) is 0 Å². The third-order valence-corrected chi connectivity index (χ3v) is 3.81. The highest BCUT2D eigenvalue weighted by Crippen LogP contribution is 2.17. The maximum absolute atomic E-state index is 12.2. The minimum Gasteiger partial charge on any atom is -0.444 e. The molecule has 0 heterocycles. The van der Waals surface area contributed by atoms with Crippen LogP contribution in [0.1, 0.15) is 66.2 Å². The Bertz CT molecular complexity index is 318. The van der Waals surface area contributed by atoms with Crippen LogP contribution in [0, 0.1) is 0 Å². The van der Waals surface area contributed by atoms with E-state index in [2.05, 4.69) is 5.32 Å². The van der Waals surface area contributed by atoms with Gasteiger partial charge in [0.25, 0.3) is 0 Å². The molecule has 5 nitrogen and oxygen atoms in total. The summed E-state index contributed by atoms with van der Waals surface area (Å²) in [5.41, 5.74) is -0.511. The molecule has 1 unspecified atom stereocenters. The fourth-order valence-corrected chi connectivity index (χ4v) is 2.79. The van der Waals surface area contributed by atoms with Crippen molar-refractivity contribution in [1.29, 1.82) is 0 Å². The van der Waals surface area contributed by atoms with E-state index >= 15 is 0 Å². The van der Waals surface area contributed by atoms with Crippen molar-refractivity contribution < 1.29 is 14.6 Å². The molecule has 0 bridgehead atoms. The monoisotopic (exact) mass is 314 g/mol. The quantitative estimate of drug-likeness (QED) is 0.740. The number of nitrogens with zero attached hydrogens (tertiary/aromatic N) is 1. The largest absolute Gasteiger partial charge is 0.444 e. The number of rotatable bonds is 6. The van der Waals surface area contributed by atoms with E-state index in [9.17, 15) is 9.90 Å². The van der Waals surface area contributed by atoms with E-state index in [-0.39, 0.29) is 6.09 Å². The van der Waals surface area contributed by atoms with Gasteiger partial charge in [-0.2, -0.15) is 0 Å². The van der Waals surface area contributed by atoms with Gasteiger partial charge in [-0.05, 0) is 40.5 Å². The van der Waals surface area contributed by atoms with E-state index in [1.807, 2.05) is 20.8 Å². The third kappa shape index (κ3) is 8.59. The highest BCUT2D eigenvalue weighted by atomic mass is 16.6. The average Bonchev–Trinajstić information content (AvgIpc) is 2.63. The number of hydrogen-bond donors (Lipinski definition) is 2. The molecule has 0 radical (unpaired) electrons. The smallest absolute Gasteiger partial charge is 0.410 e. The number of aliphatic hydroxyl groups is 1. The third-order valence-electron chi connectivity index (χ3n) is 3.81. The van der Waals surface area contributed by atoms with Crippen LogP contribution in [0.15, 0.2) is 0 Å². The Morgan fingerprint density at radius 1 is 1.27 bits per heavy atom. The number of hydrogen-bond acceptors (Lipinski definition) is 4. The van der Waals surface area contributed by atoms with E-state index in [1.165, 1.54) is 38.5 Å². The van der Waals surface area contributed by atoms with Crippen molar-refractivity contribution in [2.45, 2.75) is 84.0 Å². The van der Waals surface area contributed by atoms with Gasteiger partial charge in [0.2, 0.25) is 0 Å². The maximum Gasteiger partial charge on any atom is 0.410 e. The van der Waals surface area contributed by atoms with Crippen LogP contribution in [0.25, 0.3) is 0 Å². The molecule has 0 aromatic rings. The predicted molar refractivity (Wildman–Crippen MR) is 89.0 cm³/mol. The van der Waals surface area contributed by atoms with Crippen LogP contribution in [-0.4, -0.2) is 53.5 Å². The van der Waals surface area contributed by atoms with Gasteiger partial charge >= 0.3 is 6.09 Å². The molecule has 1 saturated carbocycles. The lowest BCUT2D eigenvalue weighted by Gasteiger charge is -2.29. The average molecular weight is 314 g/mol. The van der Waals surface area contributed by atoms with Gasteiger partial charge in [0.05, 0.1) is 6.10 Å². The van der Waals surface area contributed by atoms with Crippen LogP contribution in [0.5, 0.6) is 0 Å². The van der Waals surface area contributed by atoms with Gasteiger partial charge in [-0.3, -0.25) is 0 Å². The summed E-state index contributed by atoms with van der Waals surface area (Å²) in [5, 5.41) is 13.1. The van der Waals surface area contributed by atoms with Crippen molar-refractivity contribution in [3.63, 3.8) is 0 Å².